The first-order valence-electron chi connectivity index (χ1n) is 5.84. The van der Waals surface area contributed by atoms with Crippen LogP contribution in [0.2, 0.25) is 0 Å². The van der Waals surface area contributed by atoms with Crippen LogP contribution < -0.4 is 0 Å². The molecule has 0 atom stereocenters. The molecule has 0 radical (unpaired) electrons. The smallest absolute Gasteiger partial charge is 0.125 e. The SMILES string of the molecule is CC(C)(C)c1csc(-c2cnc3ccsc3c2)n1. The third-order valence-electron chi connectivity index (χ3n) is 2.82. The van der Waals surface area contributed by atoms with Crippen molar-refractivity contribution in [3.63, 3.8) is 0 Å². The van der Waals surface area contributed by atoms with E-state index in [1.165, 1.54) is 4.70 Å². The van der Waals surface area contributed by atoms with Gasteiger partial charge in [-0.05, 0) is 17.5 Å². The number of thiazole rings is 1. The molecular formula is C14H14N2S2. The van der Waals surface area contributed by atoms with E-state index in [-0.39, 0.29) is 5.41 Å². The van der Waals surface area contributed by atoms with E-state index >= 15 is 0 Å². The Balaban J connectivity index is 2.06. The Morgan fingerprint density at radius 1 is 1.17 bits per heavy atom. The minimum Gasteiger partial charge on any atom is -0.255 e. The van der Waals surface area contributed by atoms with Crippen molar-refractivity contribution in [3.05, 3.63) is 34.8 Å². The van der Waals surface area contributed by atoms with Crippen LogP contribution in [0.4, 0.5) is 0 Å². The van der Waals surface area contributed by atoms with Crippen LogP contribution in [0.25, 0.3) is 20.8 Å². The van der Waals surface area contributed by atoms with Crippen molar-refractivity contribution in [2.24, 2.45) is 0 Å². The van der Waals surface area contributed by atoms with Gasteiger partial charge in [0.1, 0.15) is 5.01 Å². The van der Waals surface area contributed by atoms with E-state index in [9.17, 15) is 0 Å². The van der Waals surface area contributed by atoms with E-state index < -0.39 is 0 Å². The normalized spacial score (nSPS) is 12.2. The molecule has 0 bridgehead atoms. The van der Waals surface area contributed by atoms with Crippen LogP contribution in [0.1, 0.15) is 26.5 Å². The van der Waals surface area contributed by atoms with Crippen molar-refractivity contribution in [2.45, 2.75) is 26.2 Å². The summed E-state index contributed by atoms with van der Waals surface area (Å²) in [6.07, 6.45) is 1.92. The fourth-order valence-electron chi connectivity index (χ4n) is 1.71. The fourth-order valence-corrected chi connectivity index (χ4v) is 3.52. The monoisotopic (exact) mass is 274 g/mol. The standard InChI is InChI=1S/C14H14N2S2/c1-14(2,3)12-8-18-13(16-12)9-6-11-10(15-7-9)4-5-17-11/h4-8H,1-3H3. The number of rotatable bonds is 1. The summed E-state index contributed by atoms with van der Waals surface area (Å²) >= 11 is 3.42. The second kappa shape index (κ2) is 4.14. The highest BCUT2D eigenvalue weighted by atomic mass is 32.1. The lowest BCUT2D eigenvalue weighted by Crippen LogP contribution is -2.11. The van der Waals surface area contributed by atoms with Crippen molar-refractivity contribution < 1.29 is 0 Å². The van der Waals surface area contributed by atoms with Gasteiger partial charge in [0, 0.05) is 22.6 Å². The number of aromatic nitrogens is 2. The molecule has 3 rings (SSSR count). The highest BCUT2D eigenvalue weighted by molar-refractivity contribution is 7.17. The largest absolute Gasteiger partial charge is 0.255 e. The highest BCUT2D eigenvalue weighted by Crippen LogP contribution is 2.31. The average molecular weight is 274 g/mol. The van der Waals surface area contributed by atoms with E-state index in [0.717, 1.165) is 21.8 Å². The molecule has 0 amide bonds. The maximum Gasteiger partial charge on any atom is 0.125 e. The summed E-state index contributed by atoms with van der Waals surface area (Å²) in [4.78, 5) is 9.19. The van der Waals surface area contributed by atoms with Gasteiger partial charge in [-0.25, -0.2) is 4.98 Å². The number of hydrogen-bond acceptors (Lipinski definition) is 4. The average Bonchev–Trinajstić information content (AvgIpc) is 2.96. The van der Waals surface area contributed by atoms with Crippen molar-refractivity contribution >= 4 is 32.9 Å². The lowest BCUT2D eigenvalue weighted by atomic mass is 9.93. The molecule has 3 heterocycles. The Kier molecular flexibility index (Phi) is 2.72. The van der Waals surface area contributed by atoms with Gasteiger partial charge in [0.15, 0.2) is 0 Å². The van der Waals surface area contributed by atoms with E-state index in [1.54, 1.807) is 22.7 Å². The zero-order chi connectivity index (χ0) is 12.8. The summed E-state index contributed by atoms with van der Waals surface area (Å²) < 4.78 is 1.22. The van der Waals surface area contributed by atoms with E-state index in [0.29, 0.717) is 0 Å². The Morgan fingerprint density at radius 2 is 2.00 bits per heavy atom. The molecule has 0 unspecified atom stereocenters. The summed E-state index contributed by atoms with van der Waals surface area (Å²) in [5.41, 5.74) is 3.44. The van der Waals surface area contributed by atoms with Gasteiger partial charge in [0.2, 0.25) is 0 Å². The first kappa shape index (κ1) is 11.8. The lowest BCUT2D eigenvalue weighted by molar-refractivity contribution is 0.573. The van der Waals surface area contributed by atoms with Gasteiger partial charge in [-0.2, -0.15) is 0 Å². The molecule has 0 spiro atoms. The maximum atomic E-state index is 4.73. The summed E-state index contributed by atoms with van der Waals surface area (Å²) in [6.45, 7) is 6.56. The van der Waals surface area contributed by atoms with Gasteiger partial charge in [-0.3, -0.25) is 4.98 Å². The molecule has 3 aromatic heterocycles. The predicted molar refractivity (Wildman–Crippen MR) is 79.4 cm³/mol. The van der Waals surface area contributed by atoms with Gasteiger partial charge in [0.25, 0.3) is 0 Å². The van der Waals surface area contributed by atoms with Gasteiger partial charge in [-0.1, -0.05) is 20.8 Å². The molecule has 0 aliphatic heterocycles. The molecule has 2 nitrogen and oxygen atoms in total. The molecule has 0 N–H and O–H groups in total. The minimum atomic E-state index is 0.106. The van der Waals surface area contributed by atoms with Gasteiger partial charge in [0.05, 0.1) is 15.9 Å². The van der Waals surface area contributed by atoms with Crippen molar-refractivity contribution in [2.75, 3.05) is 0 Å². The first-order chi connectivity index (χ1) is 8.54. The molecule has 0 aromatic carbocycles. The molecule has 0 saturated heterocycles. The predicted octanol–water partition coefficient (Wildman–Crippen LogP) is 4.72. The molecule has 4 heteroatoms. The third kappa shape index (κ3) is 2.06. The minimum absolute atomic E-state index is 0.106. The molecule has 0 fully saturated rings. The lowest BCUT2D eigenvalue weighted by Gasteiger charge is -2.14. The highest BCUT2D eigenvalue weighted by Gasteiger charge is 2.18. The van der Waals surface area contributed by atoms with Crippen LogP contribution in [-0.4, -0.2) is 9.97 Å². The Labute approximate surface area is 114 Å². The molecule has 0 aliphatic carbocycles. The van der Waals surface area contributed by atoms with Crippen molar-refractivity contribution in [3.8, 4) is 10.6 Å². The van der Waals surface area contributed by atoms with Gasteiger partial charge >= 0.3 is 0 Å². The zero-order valence-electron chi connectivity index (χ0n) is 10.6. The second-order valence-corrected chi connectivity index (χ2v) is 7.12. The van der Waals surface area contributed by atoms with Crippen molar-refractivity contribution in [1.29, 1.82) is 0 Å². The summed E-state index contributed by atoms with van der Waals surface area (Å²) in [7, 11) is 0. The Morgan fingerprint density at radius 3 is 2.72 bits per heavy atom. The zero-order valence-corrected chi connectivity index (χ0v) is 12.2. The first-order valence-corrected chi connectivity index (χ1v) is 7.59. The van der Waals surface area contributed by atoms with Crippen LogP contribution in [0.3, 0.4) is 0 Å². The van der Waals surface area contributed by atoms with E-state index in [2.05, 4.69) is 42.6 Å². The molecule has 18 heavy (non-hydrogen) atoms. The summed E-state index contributed by atoms with van der Waals surface area (Å²) in [5.74, 6) is 0. The third-order valence-corrected chi connectivity index (χ3v) is 4.57. The second-order valence-electron chi connectivity index (χ2n) is 5.32. The van der Waals surface area contributed by atoms with E-state index in [1.807, 2.05) is 12.3 Å². The number of hydrogen-bond donors (Lipinski definition) is 0. The van der Waals surface area contributed by atoms with Crippen LogP contribution in [0.15, 0.2) is 29.1 Å². The summed E-state index contributed by atoms with van der Waals surface area (Å²) in [5, 5.41) is 5.28. The molecule has 3 aromatic rings. The topological polar surface area (TPSA) is 25.8 Å². The van der Waals surface area contributed by atoms with Gasteiger partial charge < -0.3 is 0 Å². The van der Waals surface area contributed by atoms with Crippen molar-refractivity contribution in [1.82, 2.24) is 9.97 Å². The summed E-state index contributed by atoms with van der Waals surface area (Å²) in [6, 6.07) is 4.23. The van der Waals surface area contributed by atoms with Crippen LogP contribution in [0.5, 0.6) is 0 Å². The number of fused-ring (bicyclic) bond motifs is 1. The molecule has 0 aliphatic rings. The Hall–Kier alpha value is -1.26. The van der Waals surface area contributed by atoms with Gasteiger partial charge in [-0.15, -0.1) is 22.7 Å². The number of pyridine rings is 1. The number of thiophene rings is 1. The Bertz CT molecular complexity index is 689. The fraction of sp³-hybridized carbons (Fsp3) is 0.286. The number of nitrogens with zero attached hydrogens (tertiary/aromatic N) is 2. The molecular weight excluding hydrogens is 260 g/mol. The quantitative estimate of drug-likeness (QED) is 0.642. The molecule has 92 valence electrons. The van der Waals surface area contributed by atoms with Crippen LogP contribution in [-0.2, 0) is 5.41 Å². The molecule has 0 saturated carbocycles. The van der Waals surface area contributed by atoms with Crippen LogP contribution >= 0.6 is 22.7 Å². The maximum absolute atomic E-state index is 4.73. The van der Waals surface area contributed by atoms with E-state index in [4.69, 9.17) is 4.98 Å². The van der Waals surface area contributed by atoms with Crippen LogP contribution in [0, 0.1) is 0 Å².